The van der Waals surface area contributed by atoms with Crippen LogP contribution in [0.2, 0.25) is 0 Å². The molecule has 0 fully saturated rings. The van der Waals surface area contributed by atoms with Gasteiger partial charge in [-0.2, -0.15) is 4.72 Å². The standard InChI is InChI=1S/C31H29BrN2O5S/c32-26-16-18-28(19-17-26)40(37,38)34-29(21-24-12-6-2-7-13-24)31(36)39-22-27(20-23-10-4-1-5-11-23)33-30(35)25-14-8-3-9-15-25/h1-19,27,29,34H,20-22H2,(H,33,35)/t27-,29+/m0/s1. The van der Waals surface area contributed by atoms with Gasteiger partial charge < -0.3 is 10.1 Å². The van der Waals surface area contributed by atoms with E-state index in [0.717, 1.165) is 15.6 Å². The largest absolute Gasteiger partial charge is 0.462 e. The molecular formula is C31H29BrN2O5S. The zero-order chi connectivity index (χ0) is 28.4. The van der Waals surface area contributed by atoms with Crippen LogP contribution < -0.4 is 10.0 Å². The van der Waals surface area contributed by atoms with Crippen LogP contribution in [0, 0.1) is 0 Å². The number of rotatable bonds is 12. The Balaban J connectivity index is 1.51. The lowest BCUT2D eigenvalue weighted by Crippen LogP contribution is -2.46. The van der Waals surface area contributed by atoms with Gasteiger partial charge in [0, 0.05) is 10.0 Å². The Morgan fingerprint density at radius 3 is 1.82 bits per heavy atom. The molecule has 0 aliphatic heterocycles. The molecule has 4 aromatic carbocycles. The predicted octanol–water partition coefficient (Wildman–Crippen LogP) is 4.92. The lowest BCUT2D eigenvalue weighted by Gasteiger charge is -2.22. The van der Waals surface area contributed by atoms with Crippen molar-refractivity contribution in [2.24, 2.45) is 0 Å². The summed E-state index contributed by atoms with van der Waals surface area (Å²) in [5.41, 5.74) is 2.20. The summed E-state index contributed by atoms with van der Waals surface area (Å²) in [6, 6.07) is 31.8. The molecule has 4 rings (SSSR count). The van der Waals surface area contributed by atoms with Gasteiger partial charge in [0.05, 0.1) is 10.9 Å². The first-order valence-electron chi connectivity index (χ1n) is 12.7. The molecule has 0 saturated carbocycles. The molecule has 1 amide bonds. The first-order valence-corrected chi connectivity index (χ1v) is 15.0. The highest BCUT2D eigenvalue weighted by atomic mass is 79.9. The normalized spacial score (nSPS) is 12.7. The predicted molar refractivity (Wildman–Crippen MR) is 157 cm³/mol. The van der Waals surface area contributed by atoms with Crippen LogP contribution in [0.15, 0.2) is 125 Å². The fourth-order valence-corrected chi connectivity index (χ4v) is 5.53. The van der Waals surface area contributed by atoms with E-state index in [1.54, 1.807) is 36.4 Å². The summed E-state index contributed by atoms with van der Waals surface area (Å²) in [6.45, 7) is -0.141. The van der Waals surface area contributed by atoms with Crippen LogP contribution in [-0.2, 0) is 32.4 Å². The minimum atomic E-state index is -4.02. The molecule has 2 N–H and O–H groups in total. The molecule has 9 heteroatoms. The quantitative estimate of drug-likeness (QED) is 0.219. The van der Waals surface area contributed by atoms with Gasteiger partial charge in [0.25, 0.3) is 5.91 Å². The van der Waals surface area contributed by atoms with Crippen molar-refractivity contribution in [3.05, 3.63) is 136 Å². The van der Waals surface area contributed by atoms with E-state index in [9.17, 15) is 18.0 Å². The maximum Gasteiger partial charge on any atom is 0.324 e. The lowest BCUT2D eigenvalue weighted by molar-refractivity contribution is -0.146. The van der Waals surface area contributed by atoms with Crippen LogP contribution in [0.4, 0.5) is 0 Å². The van der Waals surface area contributed by atoms with E-state index in [1.165, 1.54) is 12.1 Å². The molecule has 0 heterocycles. The second kappa shape index (κ2) is 14.0. The number of benzene rings is 4. The fraction of sp³-hybridized carbons (Fsp3) is 0.161. The van der Waals surface area contributed by atoms with E-state index in [2.05, 4.69) is 26.0 Å². The third-order valence-corrected chi connectivity index (χ3v) is 8.13. The molecule has 0 aromatic heterocycles. The molecule has 4 aromatic rings. The van der Waals surface area contributed by atoms with Crippen molar-refractivity contribution >= 4 is 37.8 Å². The Bertz CT molecular complexity index is 1500. The molecule has 206 valence electrons. The second-order valence-electron chi connectivity index (χ2n) is 9.17. The van der Waals surface area contributed by atoms with Gasteiger partial charge in [0.2, 0.25) is 10.0 Å². The number of amides is 1. The Morgan fingerprint density at radius 1 is 0.725 bits per heavy atom. The van der Waals surface area contributed by atoms with Crippen molar-refractivity contribution in [1.29, 1.82) is 0 Å². The number of carbonyl (C=O) groups excluding carboxylic acids is 2. The zero-order valence-electron chi connectivity index (χ0n) is 21.6. The van der Waals surface area contributed by atoms with Crippen LogP contribution in [-0.4, -0.2) is 39.0 Å². The molecule has 0 saturated heterocycles. The molecule has 0 aliphatic rings. The molecule has 7 nitrogen and oxygen atoms in total. The lowest BCUT2D eigenvalue weighted by atomic mass is 10.1. The minimum Gasteiger partial charge on any atom is -0.462 e. The third kappa shape index (κ3) is 8.61. The van der Waals surface area contributed by atoms with Gasteiger partial charge in [-0.05, 0) is 60.4 Å². The van der Waals surface area contributed by atoms with E-state index in [1.807, 2.05) is 66.7 Å². The molecular weight excluding hydrogens is 592 g/mol. The van der Waals surface area contributed by atoms with Gasteiger partial charge in [-0.15, -0.1) is 0 Å². The number of hydrogen-bond donors (Lipinski definition) is 2. The molecule has 0 radical (unpaired) electrons. The SMILES string of the molecule is O=C(N[C@H](COC(=O)[C@@H](Cc1ccccc1)NS(=O)(=O)c1ccc(Br)cc1)Cc1ccccc1)c1ccccc1. The summed E-state index contributed by atoms with van der Waals surface area (Å²) in [6.07, 6.45) is 0.510. The van der Waals surface area contributed by atoms with Gasteiger partial charge in [0.15, 0.2) is 0 Å². The van der Waals surface area contributed by atoms with Gasteiger partial charge in [0.1, 0.15) is 12.6 Å². The van der Waals surface area contributed by atoms with E-state index in [4.69, 9.17) is 4.74 Å². The van der Waals surface area contributed by atoms with E-state index >= 15 is 0 Å². The summed E-state index contributed by atoms with van der Waals surface area (Å²) in [5, 5.41) is 2.95. The van der Waals surface area contributed by atoms with Crippen molar-refractivity contribution in [3.63, 3.8) is 0 Å². The Hall–Kier alpha value is -3.79. The van der Waals surface area contributed by atoms with Crippen molar-refractivity contribution in [3.8, 4) is 0 Å². The van der Waals surface area contributed by atoms with Gasteiger partial charge in [-0.1, -0.05) is 94.8 Å². The first-order chi connectivity index (χ1) is 19.3. The number of halogens is 1. The number of esters is 1. The Morgan fingerprint density at radius 2 is 1.25 bits per heavy atom. The second-order valence-corrected chi connectivity index (χ2v) is 11.8. The number of ether oxygens (including phenoxy) is 1. The number of nitrogens with one attached hydrogen (secondary N) is 2. The highest BCUT2D eigenvalue weighted by molar-refractivity contribution is 9.10. The Labute approximate surface area is 242 Å². The van der Waals surface area contributed by atoms with E-state index < -0.39 is 28.1 Å². The zero-order valence-corrected chi connectivity index (χ0v) is 24.0. The molecule has 0 spiro atoms. The van der Waals surface area contributed by atoms with Crippen molar-refractivity contribution in [1.82, 2.24) is 10.0 Å². The topological polar surface area (TPSA) is 102 Å². The number of hydrogen-bond acceptors (Lipinski definition) is 5. The average Bonchev–Trinajstić information content (AvgIpc) is 2.97. The number of sulfonamides is 1. The summed E-state index contributed by atoms with van der Waals surface area (Å²) in [4.78, 5) is 26.3. The van der Waals surface area contributed by atoms with Gasteiger partial charge >= 0.3 is 5.97 Å². The van der Waals surface area contributed by atoms with E-state index in [0.29, 0.717) is 12.0 Å². The first kappa shape index (κ1) is 29.2. The van der Waals surface area contributed by atoms with E-state index in [-0.39, 0.29) is 23.8 Å². The smallest absolute Gasteiger partial charge is 0.324 e. The summed E-state index contributed by atoms with van der Waals surface area (Å²) < 4.78 is 35.2. The molecule has 0 unspecified atom stereocenters. The van der Waals surface area contributed by atoms with Crippen LogP contribution in [0.5, 0.6) is 0 Å². The average molecular weight is 622 g/mol. The van der Waals surface area contributed by atoms with Crippen LogP contribution >= 0.6 is 15.9 Å². The summed E-state index contributed by atoms with van der Waals surface area (Å²) >= 11 is 3.30. The monoisotopic (exact) mass is 620 g/mol. The summed E-state index contributed by atoms with van der Waals surface area (Å²) in [7, 11) is -4.02. The molecule has 2 atom stereocenters. The maximum absolute atomic E-state index is 13.4. The number of carbonyl (C=O) groups is 2. The third-order valence-electron chi connectivity index (χ3n) is 6.11. The highest BCUT2D eigenvalue weighted by Crippen LogP contribution is 2.16. The summed E-state index contributed by atoms with van der Waals surface area (Å²) in [5.74, 6) is -1.04. The Kier molecular flexibility index (Phi) is 10.2. The van der Waals surface area contributed by atoms with Crippen molar-refractivity contribution < 1.29 is 22.7 Å². The fourth-order valence-electron chi connectivity index (χ4n) is 4.08. The van der Waals surface area contributed by atoms with Crippen LogP contribution in [0.25, 0.3) is 0 Å². The van der Waals surface area contributed by atoms with Gasteiger partial charge in [-0.3, -0.25) is 9.59 Å². The minimum absolute atomic E-state index is 0.0265. The molecule has 0 bridgehead atoms. The van der Waals surface area contributed by atoms with Crippen molar-refractivity contribution in [2.45, 2.75) is 29.8 Å². The molecule has 40 heavy (non-hydrogen) atoms. The maximum atomic E-state index is 13.4. The van der Waals surface area contributed by atoms with Gasteiger partial charge in [-0.25, -0.2) is 8.42 Å². The molecule has 0 aliphatic carbocycles. The van der Waals surface area contributed by atoms with Crippen LogP contribution in [0.3, 0.4) is 0 Å². The van der Waals surface area contributed by atoms with Crippen LogP contribution in [0.1, 0.15) is 21.5 Å². The van der Waals surface area contributed by atoms with Crippen molar-refractivity contribution in [2.75, 3.05) is 6.61 Å². The highest BCUT2D eigenvalue weighted by Gasteiger charge is 2.28.